The summed E-state index contributed by atoms with van der Waals surface area (Å²) in [5, 5.41) is 0. The van der Waals surface area contributed by atoms with Gasteiger partial charge in [-0.1, -0.05) is 13.3 Å². The molecule has 2 atom stereocenters. The van der Waals surface area contributed by atoms with Crippen LogP contribution in [0.4, 0.5) is 0 Å². The number of carbonyl (C=O) groups is 1. The molecule has 0 aromatic rings. The molecule has 0 aliphatic carbocycles. The Kier molecular flexibility index (Phi) is 5.59. The van der Waals surface area contributed by atoms with Crippen LogP contribution >= 0.6 is 0 Å². The first kappa shape index (κ1) is 15.4. The summed E-state index contributed by atoms with van der Waals surface area (Å²) in [6.45, 7) is 4.14. The van der Waals surface area contributed by atoms with Gasteiger partial charge in [0.1, 0.15) is 6.04 Å². The van der Waals surface area contributed by atoms with Crippen LogP contribution in [0, 0.1) is 0 Å². The minimum Gasteiger partial charge on any atom is -0.465 e. The Morgan fingerprint density at radius 1 is 1.44 bits per heavy atom. The summed E-state index contributed by atoms with van der Waals surface area (Å²) in [7, 11) is -1.10. The Hall–Kier alpha value is -0.620. The molecule has 5 nitrogen and oxygen atoms in total. The monoisotopic (exact) mass is 277 g/mol. The fourth-order valence-corrected chi connectivity index (χ4v) is 4.14. The second-order valence-electron chi connectivity index (χ2n) is 4.78. The van der Waals surface area contributed by atoms with Crippen molar-refractivity contribution >= 4 is 15.8 Å². The van der Waals surface area contributed by atoms with E-state index in [0.29, 0.717) is 19.4 Å². The summed E-state index contributed by atoms with van der Waals surface area (Å²) in [4.78, 5) is 13.8. The highest BCUT2D eigenvalue weighted by atomic mass is 32.2. The lowest BCUT2D eigenvalue weighted by molar-refractivity contribution is -0.150. The largest absolute Gasteiger partial charge is 0.465 e. The second kappa shape index (κ2) is 6.52. The molecular weight excluding hydrogens is 254 g/mol. The molecule has 1 aliphatic heterocycles. The van der Waals surface area contributed by atoms with Crippen LogP contribution in [0.2, 0.25) is 0 Å². The van der Waals surface area contributed by atoms with Crippen LogP contribution in [0.1, 0.15) is 33.1 Å². The molecule has 1 aliphatic rings. The topological polar surface area (TPSA) is 63.7 Å². The molecule has 0 amide bonds. The smallest absolute Gasteiger partial charge is 0.323 e. The minimum atomic E-state index is -2.92. The van der Waals surface area contributed by atoms with Crippen molar-refractivity contribution in [2.45, 2.75) is 45.2 Å². The molecule has 106 valence electrons. The SMILES string of the molecule is CCCC(C(=O)OCC)N(C)C1CCS(=O)(=O)C1. The molecule has 1 saturated heterocycles. The highest BCUT2D eigenvalue weighted by Crippen LogP contribution is 2.20. The zero-order chi connectivity index (χ0) is 13.8. The maximum atomic E-state index is 11.9. The summed E-state index contributed by atoms with van der Waals surface area (Å²) in [5.74, 6) is 0.137. The van der Waals surface area contributed by atoms with Crippen molar-refractivity contribution in [2.24, 2.45) is 0 Å². The van der Waals surface area contributed by atoms with Gasteiger partial charge in [-0.3, -0.25) is 9.69 Å². The third-order valence-electron chi connectivity index (χ3n) is 3.40. The highest BCUT2D eigenvalue weighted by molar-refractivity contribution is 7.91. The molecular formula is C12H23NO4S. The number of sulfone groups is 1. The first-order chi connectivity index (χ1) is 8.41. The number of nitrogens with zero attached hydrogens (tertiary/aromatic N) is 1. The molecule has 2 unspecified atom stereocenters. The quantitative estimate of drug-likeness (QED) is 0.673. The van der Waals surface area contributed by atoms with Gasteiger partial charge in [0.15, 0.2) is 9.84 Å². The van der Waals surface area contributed by atoms with E-state index >= 15 is 0 Å². The normalized spacial score (nSPS) is 24.1. The van der Waals surface area contributed by atoms with Gasteiger partial charge < -0.3 is 4.74 Å². The number of hydrogen-bond acceptors (Lipinski definition) is 5. The van der Waals surface area contributed by atoms with E-state index < -0.39 is 9.84 Å². The summed E-state index contributed by atoms with van der Waals surface area (Å²) >= 11 is 0. The van der Waals surface area contributed by atoms with Crippen LogP contribution in [-0.4, -0.2) is 56.5 Å². The lowest BCUT2D eigenvalue weighted by Gasteiger charge is -2.30. The van der Waals surface area contributed by atoms with E-state index in [2.05, 4.69) is 0 Å². The Morgan fingerprint density at radius 3 is 2.56 bits per heavy atom. The molecule has 0 aromatic heterocycles. The molecule has 18 heavy (non-hydrogen) atoms. The molecule has 0 spiro atoms. The number of ether oxygens (including phenoxy) is 1. The van der Waals surface area contributed by atoms with E-state index in [1.165, 1.54) is 0 Å². The number of rotatable bonds is 6. The van der Waals surface area contributed by atoms with Gasteiger partial charge in [-0.15, -0.1) is 0 Å². The Labute approximate surface area is 109 Å². The van der Waals surface area contributed by atoms with E-state index in [9.17, 15) is 13.2 Å². The van der Waals surface area contributed by atoms with E-state index in [-0.39, 0.29) is 29.6 Å². The van der Waals surface area contributed by atoms with Crippen molar-refractivity contribution < 1.29 is 17.9 Å². The number of likely N-dealkylation sites (N-methyl/N-ethyl adjacent to an activating group) is 1. The van der Waals surface area contributed by atoms with Gasteiger partial charge in [-0.05, 0) is 26.8 Å². The molecule has 1 fully saturated rings. The van der Waals surface area contributed by atoms with Gasteiger partial charge >= 0.3 is 5.97 Å². The van der Waals surface area contributed by atoms with Gasteiger partial charge in [-0.2, -0.15) is 0 Å². The van der Waals surface area contributed by atoms with E-state index in [0.717, 1.165) is 6.42 Å². The second-order valence-corrected chi connectivity index (χ2v) is 7.01. The van der Waals surface area contributed by atoms with Crippen molar-refractivity contribution in [2.75, 3.05) is 25.2 Å². The lowest BCUT2D eigenvalue weighted by atomic mass is 10.1. The zero-order valence-electron chi connectivity index (χ0n) is 11.4. The highest BCUT2D eigenvalue weighted by Gasteiger charge is 2.36. The van der Waals surface area contributed by atoms with E-state index in [4.69, 9.17) is 4.74 Å². The van der Waals surface area contributed by atoms with E-state index in [1.807, 2.05) is 18.9 Å². The Balaban J connectivity index is 2.70. The van der Waals surface area contributed by atoms with Crippen molar-refractivity contribution in [3.05, 3.63) is 0 Å². The van der Waals surface area contributed by atoms with Crippen LogP contribution in [0.25, 0.3) is 0 Å². The van der Waals surface area contributed by atoms with Gasteiger partial charge in [-0.25, -0.2) is 8.42 Å². The number of hydrogen-bond donors (Lipinski definition) is 0. The van der Waals surface area contributed by atoms with Gasteiger partial charge in [0.2, 0.25) is 0 Å². The predicted molar refractivity (Wildman–Crippen MR) is 70.2 cm³/mol. The van der Waals surface area contributed by atoms with Crippen molar-refractivity contribution in [3.8, 4) is 0 Å². The average molecular weight is 277 g/mol. The Morgan fingerprint density at radius 2 is 2.11 bits per heavy atom. The minimum absolute atomic E-state index is 0.0593. The van der Waals surface area contributed by atoms with Gasteiger partial charge in [0, 0.05) is 6.04 Å². The van der Waals surface area contributed by atoms with E-state index in [1.54, 1.807) is 6.92 Å². The third-order valence-corrected chi connectivity index (χ3v) is 5.15. The van der Waals surface area contributed by atoms with Gasteiger partial charge in [0.25, 0.3) is 0 Å². The summed E-state index contributed by atoms with van der Waals surface area (Å²) in [6, 6.07) is -0.385. The predicted octanol–water partition coefficient (Wildman–Crippen LogP) is 0.837. The van der Waals surface area contributed by atoms with Crippen LogP contribution < -0.4 is 0 Å². The number of carbonyl (C=O) groups excluding carboxylic acids is 1. The summed E-state index contributed by atoms with van der Waals surface area (Å²) in [6.07, 6.45) is 2.18. The fraction of sp³-hybridized carbons (Fsp3) is 0.917. The van der Waals surface area contributed by atoms with Gasteiger partial charge in [0.05, 0.1) is 18.1 Å². The molecule has 0 N–H and O–H groups in total. The third kappa shape index (κ3) is 3.95. The molecule has 0 aromatic carbocycles. The fourth-order valence-electron chi connectivity index (χ4n) is 2.35. The van der Waals surface area contributed by atoms with Crippen molar-refractivity contribution in [3.63, 3.8) is 0 Å². The Bertz CT molecular complexity index is 380. The summed E-state index contributed by atoms with van der Waals surface area (Å²) < 4.78 is 28.0. The maximum absolute atomic E-state index is 11.9. The molecule has 6 heteroatoms. The molecule has 1 rings (SSSR count). The average Bonchev–Trinajstić information content (AvgIpc) is 2.66. The van der Waals surface area contributed by atoms with Crippen LogP contribution in [0.3, 0.4) is 0 Å². The molecule has 1 heterocycles. The zero-order valence-corrected chi connectivity index (χ0v) is 12.2. The first-order valence-electron chi connectivity index (χ1n) is 6.50. The number of esters is 1. The molecule has 0 saturated carbocycles. The maximum Gasteiger partial charge on any atom is 0.323 e. The molecule has 0 radical (unpaired) electrons. The van der Waals surface area contributed by atoms with Crippen LogP contribution in [0.15, 0.2) is 0 Å². The van der Waals surface area contributed by atoms with Crippen molar-refractivity contribution in [1.29, 1.82) is 0 Å². The summed E-state index contributed by atoms with van der Waals surface area (Å²) in [5.41, 5.74) is 0. The van der Waals surface area contributed by atoms with Crippen LogP contribution in [0.5, 0.6) is 0 Å². The first-order valence-corrected chi connectivity index (χ1v) is 8.32. The van der Waals surface area contributed by atoms with Crippen LogP contribution in [-0.2, 0) is 19.4 Å². The lowest BCUT2D eigenvalue weighted by Crippen LogP contribution is -2.46. The molecule has 0 bridgehead atoms. The standard InChI is InChI=1S/C12H23NO4S/c1-4-6-11(12(14)17-5-2)13(3)10-7-8-18(15,16)9-10/h10-11H,4-9H2,1-3H3. The van der Waals surface area contributed by atoms with Crippen molar-refractivity contribution in [1.82, 2.24) is 4.90 Å².